The molecule has 4 nitrogen and oxygen atoms in total. The van der Waals surface area contributed by atoms with E-state index < -0.39 is 14.6 Å². The van der Waals surface area contributed by atoms with Gasteiger partial charge >= 0.3 is 0 Å². The van der Waals surface area contributed by atoms with Crippen LogP contribution in [0.4, 0.5) is 0 Å². The third kappa shape index (κ3) is 3.09. The predicted octanol–water partition coefficient (Wildman–Crippen LogP) is 2.71. The Hall–Kier alpha value is -1.46. The second-order valence-corrected chi connectivity index (χ2v) is 8.42. The van der Waals surface area contributed by atoms with Gasteiger partial charge in [0.2, 0.25) is 0 Å². The second-order valence-electron chi connectivity index (χ2n) is 5.82. The minimum atomic E-state index is -3.20. The molecule has 0 radical (unpaired) electrons. The summed E-state index contributed by atoms with van der Waals surface area (Å²) < 4.78 is 23.4. The highest BCUT2D eigenvalue weighted by Gasteiger charge is 2.39. The highest BCUT2D eigenvalue weighted by atomic mass is 32.2. The maximum atomic E-state index is 12.2. The monoisotopic (exact) mass is 306 g/mol. The van der Waals surface area contributed by atoms with Crippen LogP contribution in [0.5, 0.6) is 0 Å². The normalized spacial score (nSPS) is 14.3. The standard InChI is InChI=1S/C16H22N2O2S/c1-5-17-15(16(2,3)21(4,19)20)13-8-9-14-12(11-13)7-6-10-18-14/h6-11,15,17H,5H2,1-4H3. The van der Waals surface area contributed by atoms with E-state index in [1.807, 2.05) is 37.3 Å². The SMILES string of the molecule is CCNC(c1ccc2ncccc2c1)C(C)(C)S(C)(=O)=O. The van der Waals surface area contributed by atoms with Gasteiger partial charge < -0.3 is 5.32 Å². The topological polar surface area (TPSA) is 59.1 Å². The minimum absolute atomic E-state index is 0.262. The molecule has 5 heteroatoms. The van der Waals surface area contributed by atoms with Crippen molar-refractivity contribution in [2.24, 2.45) is 0 Å². The number of nitrogens with one attached hydrogen (secondary N) is 1. The Kier molecular flexibility index (Phi) is 4.35. The van der Waals surface area contributed by atoms with Crippen molar-refractivity contribution < 1.29 is 8.42 Å². The van der Waals surface area contributed by atoms with Crippen molar-refractivity contribution in [1.29, 1.82) is 0 Å². The maximum Gasteiger partial charge on any atom is 0.154 e. The molecule has 1 aromatic carbocycles. The van der Waals surface area contributed by atoms with Crippen LogP contribution in [0, 0.1) is 0 Å². The molecular formula is C16H22N2O2S. The highest BCUT2D eigenvalue weighted by molar-refractivity contribution is 7.92. The van der Waals surface area contributed by atoms with Crippen LogP contribution in [0.25, 0.3) is 10.9 Å². The first-order valence-electron chi connectivity index (χ1n) is 7.05. The van der Waals surface area contributed by atoms with Crippen LogP contribution < -0.4 is 5.32 Å². The summed E-state index contributed by atoms with van der Waals surface area (Å²) in [7, 11) is -3.20. The van der Waals surface area contributed by atoms with Gasteiger partial charge in [-0.3, -0.25) is 4.98 Å². The Morgan fingerprint density at radius 1 is 1.29 bits per heavy atom. The van der Waals surface area contributed by atoms with Gasteiger partial charge in [0, 0.05) is 17.8 Å². The van der Waals surface area contributed by atoms with Gasteiger partial charge in [0.05, 0.1) is 16.3 Å². The van der Waals surface area contributed by atoms with Gasteiger partial charge in [-0.2, -0.15) is 0 Å². The Morgan fingerprint density at radius 2 is 2.00 bits per heavy atom. The Labute approximate surface area is 126 Å². The number of sulfone groups is 1. The van der Waals surface area contributed by atoms with E-state index in [2.05, 4.69) is 10.3 Å². The van der Waals surface area contributed by atoms with E-state index in [0.717, 1.165) is 16.5 Å². The van der Waals surface area contributed by atoms with Crippen molar-refractivity contribution >= 4 is 20.7 Å². The highest BCUT2D eigenvalue weighted by Crippen LogP contribution is 2.33. The van der Waals surface area contributed by atoms with E-state index in [-0.39, 0.29) is 6.04 Å². The van der Waals surface area contributed by atoms with Crippen LogP contribution in [0.15, 0.2) is 36.5 Å². The van der Waals surface area contributed by atoms with Crippen LogP contribution in [0.3, 0.4) is 0 Å². The molecular weight excluding hydrogens is 284 g/mol. The quantitative estimate of drug-likeness (QED) is 0.922. The summed E-state index contributed by atoms with van der Waals surface area (Å²) in [6.45, 7) is 6.22. The van der Waals surface area contributed by atoms with Crippen LogP contribution >= 0.6 is 0 Å². The summed E-state index contributed by atoms with van der Waals surface area (Å²) in [5.41, 5.74) is 1.88. The Bertz CT molecular complexity index is 739. The zero-order valence-corrected chi connectivity index (χ0v) is 13.7. The first-order valence-corrected chi connectivity index (χ1v) is 8.94. The van der Waals surface area contributed by atoms with Crippen LogP contribution in [0.2, 0.25) is 0 Å². The van der Waals surface area contributed by atoms with Gasteiger partial charge in [-0.1, -0.05) is 19.1 Å². The van der Waals surface area contributed by atoms with E-state index in [1.165, 1.54) is 6.26 Å². The fourth-order valence-corrected chi connectivity index (χ4v) is 3.10. The molecule has 0 bridgehead atoms. The third-order valence-electron chi connectivity index (χ3n) is 4.02. The summed E-state index contributed by atoms with van der Waals surface area (Å²) >= 11 is 0. The van der Waals surface area contributed by atoms with E-state index in [0.29, 0.717) is 6.54 Å². The number of fused-ring (bicyclic) bond motifs is 1. The van der Waals surface area contributed by atoms with Gasteiger partial charge in [0.1, 0.15) is 0 Å². The number of aromatic nitrogens is 1. The van der Waals surface area contributed by atoms with Gasteiger partial charge in [-0.05, 0) is 44.2 Å². The van der Waals surface area contributed by atoms with Crippen LogP contribution in [-0.2, 0) is 9.84 Å². The number of nitrogens with zero attached hydrogens (tertiary/aromatic N) is 1. The fourth-order valence-electron chi connectivity index (χ4n) is 2.46. The van der Waals surface area contributed by atoms with Crippen molar-refractivity contribution in [3.8, 4) is 0 Å². The largest absolute Gasteiger partial charge is 0.309 e. The average molecular weight is 306 g/mol. The lowest BCUT2D eigenvalue weighted by molar-refractivity contribution is 0.428. The molecule has 0 fully saturated rings. The molecule has 0 aliphatic heterocycles. The number of pyridine rings is 1. The molecule has 0 saturated heterocycles. The van der Waals surface area contributed by atoms with Gasteiger partial charge in [0.15, 0.2) is 9.84 Å². The van der Waals surface area contributed by atoms with Crippen molar-refractivity contribution in [1.82, 2.24) is 10.3 Å². The zero-order valence-electron chi connectivity index (χ0n) is 12.9. The van der Waals surface area contributed by atoms with Gasteiger partial charge in [-0.25, -0.2) is 8.42 Å². The van der Waals surface area contributed by atoms with Crippen molar-refractivity contribution in [2.75, 3.05) is 12.8 Å². The molecule has 1 atom stereocenters. The number of hydrogen-bond acceptors (Lipinski definition) is 4. The molecule has 0 amide bonds. The molecule has 2 rings (SSSR count). The maximum absolute atomic E-state index is 12.2. The summed E-state index contributed by atoms with van der Waals surface area (Å²) in [5, 5.41) is 4.33. The van der Waals surface area contributed by atoms with Crippen molar-refractivity contribution in [2.45, 2.75) is 31.6 Å². The molecule has 0 saturated carbocycles. The second kappa shape index (κ2) is 5.73. The summed E-state index contributed by atoms with van der Waals surface area (Å²) in [5.74, 6) is 0. The molecule has 21 heavy (non-hydrogen) atoms. The molecule has 1 N–H and O–H groups in total. The van der Waals surface area contributed by atoms with E-state index in [9.17, 15) is 8.42 Å². The lowest BCUT2D eigenvalue weighted by Gasteiger charge is -2.33. The van der Waals surface area contributed by atoms with Crippen molar-refractivity contribution in [3.05, 3.63) is 42.1 Å². The molecule has 0 aliphatic rings. The number of benzene rings is 1. The molecule has 0 aliphatic carbocycles. The predicted molar refractivity (Wildman–Crippen MR) is 87.1 cm³/mol. The molecule has 1 unspecified atom stereocenters. The Balaban J connectivity index is 2.55. The number of rotatable bonds is 5. The lowest BCUT2D eigenvalue weighted by Crippen LogP contribution is -2.44. The van der Waals surface area contributed by atoms with Crippen LogP contribution in [0.1, 0.15) is 32.4 Å². The van der Waals surface area contributed by atoms with E-state index in [1.54, 1.807) is 20.0 Å². The first kappa shape index (κ1) is 15.9. The molecule has 114 valence electrons. The van der Waals surface area contributed by atoms with Crippen LogP contribution in [-0.4, -0.2) is 30.9 Å². The fraction of sp³-hybridized carbons (Fsp3) is 0.438. The van der Waals surface area contributed by atoms with E-state index in [4.69, 9.17) is 0 Å². The summed E-state index contributed by atoms with van der Waals surface area (Å²) in [6, 6.07) is 9.52. The lowest BCUT2D eigenvalue weighted by atomic mass is 9.94. The first-order chi connectivity index (χ1) is 9.77. The van der Waals surface area contributed by atoms with Gasteiger partial charge in [-0.15, -0.1) is 0 Å². The third-order valence-corrected chi connectivity index (χ3v) is 6.17. The molecule has 1 heterocycles. The summed E-state index contributed by atoms with van der Waals surface area (Å²) in [6.07, 6.45) is 3.05. The Morgan fingerprint density at radius 3 is 2.62 bits per heavy atom. The molecule has 0 spiro atoms. The van der Waals surface area contributed by atoms with E-state index >= 15 is 0 Å². The summed E-state index contributed by atoms with van der Waals surface area (Å²) in [4.78, 5) is 4.30. The smallest absolute Gasteiger partial charge is 0.154 e. The zero-order chi connectivity index (χ0) is 15.7. The number of hydrogen-bond donors (Lipinski definition) is 1. The van der Waals surface area contributed by atoms with Gasteiger partial charge in [0.25, 0.3) is 0 Å². The molecule has 1 aromatic heterocycles. The molecule has 2 aromatic rings. The average Bonchev–Trinajstić information content (AvgIpc) is 2.43. The van der Waals surface area contributed by atoms with Crippen molar-refractivity contribution in [3.63, 3.8) is 0 Å². The minimum Gasteiger partial charge on any atom is -0.309 e.